The molecule has 1 aromatic heterocycles. The molecule has 1 amide bonds. The summed E-state index contributed by atoms with van der Waals surface area (Å²) in [6.07, 6.45) is 0.604. The average molecular weight is 254 g/mol. The molecule has 0 bridgehead atoms. The first-order valence-corrected chi connectivity index (χ1v) is 5.78. The molecule has 2 N–H and O–H groups in total. The Morgan fingerprint density at radius 2 is 2.00 bits per heavy atom. The number of esters is 1. The van der Waals surface area contributed by atoms with Crippen molar-refractivity contribution in [2.75, 3.05) is 13.7 Å². The number of aryl methyl sites for hydroxylation is 1. The van der Waals surface area contributed by atoms with Gasteiger partial charge in [0.25, 0.3) is 5.91 Å². The first kappa shape index (κ1) is 14.2. The molecule has 0 saturated carbocycles. The van der Waals surface area contributed by atoms with Crippen LogP contribution >= 0.6 is 0 Å². The number of hydrogen-bond acceptors (Lipinski definition) is 4. The number of methoxy groups -OCH3 is 1. The number of ether oxygens (including phenoxy) is 1. The molecule has 0 unspecified atom stereocenters. The van der Waals surface area contributed by atoms with E-state index in [2.05, 4.69) is 10.5 Å². The maximum absolute atomic E-state index is 11.8. The van der Waals surface area contributed by atoms with Gasteiger partial charge in [0.05, 0.1) is 19.3 Å². The number of hydrogen-bond donors (Lipinski definition) is 2. The Labute approximate surface area is 106 Å². The fourth-order valence-electron chi connectivity index (χ4n) is 1.72. The van der Waals surface area contributed by atoms with Gasteiger partial charge in [0, 0.05) is 5.69 Å². The van der Waals surface area contributed by atoms with E-state index in [1.807, 2.05) is 6.92 Å². The topological polar surface area (TPSA) is 80.4 Å². The summed E-state index contributed by atoms with van der Waals surface area (Å²) >= 11 is 0. The number of H-pyrrole nitrogens is 1. The van der Waals surface area contributed by atoms with Crippen molar-refractivity contribution in [3.63, 3.8) is 0 Å². The van der Waals surface area contributed by atoms with Crippen molar-refractivity contribution in [3.05, 3.63) is 22.5 Å². The number of nitrogens with one attached hydrogen (secondary N) is 2. The third kappa shape index (κ3) is 2.70. The van der Waals surface area contributed by atoms with Crippen LogP contribution in [-0.4, -0.2) is 30.6 Å². The molecule has 0 aliphatic rings. The molecule has 6 nitrogen and oxygen atoms in total. The smallest absolute Gasteiger partial charge is 0.339 e. The molecule has 0 atom stereocenters. The van der Waals surface area contributed by atoms with Gasteiger partial charge in [-0.15, -0.1) is 0 Å². The molecule has 1 aromatic rings. The molecule has 0 aliphatic heterocycles. The standard InChI is InChI=1S/C12H18N2O4/c1-5-8-9(12(16)17-4)7(3)10(13-8)11(15)14-18-6-2/h13H,5-6H2,1-4H3,(H,14,15). The minimum absolute atomic E-state index is 0.320. The van der Waals surface area contributed by atoms with E-state index in [0.717, 1.165) is 0 Å². The van der Waals surface area contributed by atoms with Crippen LogP contribution in [-0.2, 0) is 16.0 Å². The lowest BCUT2D eigenvalue weighted by atomic mass is 10.1. The zero-order valence-corrected chi connectivity index (χ0v) is 11.0. The normalized spacial score (nSPS) is 10.2. The number of amides is 1. The minimum Gasteiger partial charge on any atom is -0.465 e. The second kappa shape index (κ2) is 6.20. The molecular weight excluding hydrogens is 236 g/mol. The van der Waals surface area contributed by atoms with E-state index in [9.17, 15) is 9.59 Å². The highest BCUT2D eigenvalue weighted by Gasteiger charge is 2.23. The predicted molar refractivity (Wildman–Crippen MR) is 65.3 cm³/mol. The lowest BCUT2D eigenvalue weighted by Gasteiger charge is -2.03. The highest BCUT2D eigenvalue weighted by atomic mass is 16.6. The van der Waals surface area contributed by atoms with E-state index in [0.29, 0.717) is 35.5 Å². The van der Waals surface area contributed by atoms with Crippen LogP contribution in [0.3, 0.4) is 0 Å². The quantitative estimate of drug-likeness (QED) is 0.614. The minimum atomic E-state index is -0.448. The van der Waals surface area contributed by atoms with Crippen LogP contribution < -0.4 is 5.48 Å². The van der Waals surface area contributed by atoms with Crippen molar-refractivity contribution in [3.8, 4) is 0 Å². The van der Waals surface area contributed by atoms with Gasteiger partial charge in [0.15, 0.2) is 0 Å². The Bertz CT molecular complexity index is 451. The molecule has 0 aliphatic carbocycles. The van der Waals surface area contributed by atoms with Crippen LogP contribution in [0.4, 0.5) is 0 Å². The highest BCUT2D eigenvalue weighted by Crippen LogP contribution is 2.20. The Kier molecular flexibility index (Phi) is 4.91. The van der Waals surface area contributed by atoms with E-state index < -0.39 is 11.9 Å². The van der Waals surface area contributed by atoms with Crippen LogP contribution in [0.25, 0.3) is 0 Å². The van der Waals surface area contributed by atoms with Crippen LogP contribution in [0.1, 0.15) is 46.0 Å². The van der Waals surface area contributed by atoms with Crippen LogP contribution in [0.15, 0.2) is 0 Å². The molecule has 0 spiro atoms. The van der Waals surface area contributed by atoms with Crippen LogP contribution in [0.2, 0.25) is 0 Å². The summed E-state index contributed by atoms with van der Waals surface area (Å²) in [5, 5.41) is 0. The van der Waals surface area contributed by atoms with E-state index in [4.69, 9.17) is 9.57 Å². The predicted octanol–water partition coefficient (Wildman–Crippen LogP) is 1.35. The van der Waals surface area contributed by atoms with Gasteiger partial charge in [-0.05, 0) is 25.8 Å². The van der Waals surface area contributed by atoms with E-state index in [1.165, 1.54) is 7.11 Å². The van der Waals surface area contributed by atoms with E-state index >= 15 is 0 Å². The number of carbonyl (C=O) groups is 2. The summed E-state index contributed by atoms with van der Waals surface area (Å²) in [6, 6.07) is 0. The molecule has 0 radical (unpaired) electrons. The van der Waals surface area contributed by atoms with Crippen molar-refractivity contribution >= 4 is 11.9 Å². The largest absolute Gasteiger partial charge is 0.465 e. The maximum atomic E-state index is 11.8. The number of hydroxylamine groups is 1. The van der Waals surface area contributed by atoms with Crippen molar-refractivity contribution in [2.24, 2.45) is 0 Å². The zero-order chi connectivity index (χ0) is 13.7. The van der Waals surface area contributed by atoms with Crippen LogP contribution in [0, 0.1) is 6.92 Å². The Balaban J connectivity index is 3.12. The van der Waals surface area contributed by atoms with Gasteiger partial charge in [-0.1, -0.05) is 6.92 Å². The van der Waals surface area contributed by atoms with Crippen molar-refractivity contribution in [2.45, 2.75) is 27.2 Å². The van der Waals surface area contributed by atoms with Gasteiger partial charge in [-0.3, -0.25) is 9.63 Å². The molecular formula is C12H18N2O4. The summed E-state index contributed by atoms with van der Waals surface area (Å²) in [7, 11) is 1.31. The first-order chi connectivity index (χ1) is 8.56. The third-order valence-corrected chi connectivity index (χ3v) is 2.61. The average Bonchev–Trinajstić information content (AvgIpc) is 2.72. The van der Waals surface area contributed by atoms with Gasteiger partial charge < -0.3 is 9.72 Å². The molecule has 6 heteroatoms. The molecule has 100 valence electrons. The molecule has 18 heavy (non-hydrogen) atoms. The number of aromatic nitrogens is 1. The van der Waals surface area contributed by atoms with Gasteiger partial charge >= 0.3 is 5.97 Å². The van der Waals surface area contributed by atoms with Crippen LogP contribution in [0.5, 0.6) is 0 Å². The van der Waals surface area contributed by atoms with Gasteiger partial charge in [0.1, 0.15) is 5.69 Å². The van der Waals surface area contributed by atoms with Crippen molar-refractivity contribution in [1.29, 1.82) is 0 Å². The fraction of sp³-hybridized carbons (Fsp3) is 0.500. The van der Waals surface area contributed by atoms with Crippen molar-refractivity contribution < 1.29 is 19.2 Å². The summed E-state index contributed by atoms with van der Waals surface area (Å²) in [6.45, 7) is 5.72. The molecule has 1 rings (SSSR count). The number of rotatable bonds is 5. The maximum Gasteiger partial charge on any atom is 0.339 e. The zero-order valence-electron chi connectivity index (χ0n) is 11.0. The Hall–Kier alpha value is -1.82. The Morgan fingerprint density at radius 3 is 2.50 bits per heavy atom. The van der Waals surface area contributed by atoms with Gasteiger partial charge in [-0.25, -0.2) is 10.3 Å². The summed E-state index contributed by atoms with van der Waals surface area (Å²) in [5.41, 5.74) is 4.27. The van der Waals surface area contributed by atoms with E-state index in [-0.39, 0.29) is 0 Å². The monoisotopic (exact) mass is 254 g/mol. The molecule has 0 saturated heterocycles. The fourth-order valence-corrected chi connectivity index (χ4v) is 1.72. The highest BCUT2D eigenvalue weighted by molar-refractivity contribution is 6.00. The second-order valence-corrected chi connectivity index (χ2v) is 3.69. The van der Waals surface area contributed by atoms with E-state index in [1.54, 1.807) is 13.8 Å². The van der Waals surface area contributed by atoms with Gasteiger partial charge in [-0.2, -0.15) is 0 Å². The molecule has 0 fully saturated rings. The Morgan fingerprint density at radius 1 is 1.33 bits per heavy atom. The SMILES string of the molecule is CCONC(=O)c1[nH]c(CC)c(C(=O)OC)c1C. The summed E-state index contributed by atoms with van der Waals surface area (Å²) < 4.78 is 4.71. The second-order valence-electron chi connectivity index (χ2n) is 3.69. The third-order valence-electron chi connectivity index (χ3n) is 2.61. The number of carbonyl (C=O) groups excluding carboxylic acids is 2. The van der Waals surface area contributed by atoms with Crippen molar-refractivity contribution in [1.82, 2.24) is 10.5 Å². The molecule has 1 heterocycles. The lowest BCUT2D eigenvalue weighted by molar-refractivity contribution is 0.0360. The summed E-state index contributed by atoms with van der Waals surface area (Å²) in [5.74, 6) is -0.852. The summed E-state index contributed by atoms with van der Waals surface area (Å²) in [4.78, 5) is 31.2. The number of aromatic amines is 1. The lowest BCUT2D eigenvalue weighted by Crippen LogP contribution is -2.24. The first-order valence-electron chi connectivity index (χ1n) is 5.78. The van der Waals surface area contributed by atoms with Gasteiger partial charge in [0.2, 0.25) is 0 Å². The molecule has 0 aromatic carbocycles.